The van der Waals surface area contributed by atoms with Crippen molar-refractivity contribution in [1.29, 1.82) is 0 Å². The van der Waals surface area contributed by atoms with Crippen molar-refractivity contribution in [3.8, 4) is 0 Å². The molecule has 1 nitrogen and oxygen atoms in total. The van der Waals surface area contributed by atoms with Gasteiger partial charge in [-0.1, -0.05) is 18.2 Å². The van der Waals surface area contributed by atoms with Gasteiger partial charge in [-0.2, -0.15) is 0 Å². The average molecular weight is 116 g/mol. The van der Waals surface area contributed by atoms with Gasteiger partial charge in [-0.25, -0.2) is 0 Å². The van der Waals surface area contributed by atoms with Crippen LogP contribution >= 0.6 is 11.6 Å². The van der Waals surface area contributed by atoms with Gasteiger partial charge in [0.2, 0.25) is 0 Å². The molecule has 0 heterocycles. The lowest BCUT2D eigenvalue weighted by Gasteiger charge is -1.73. The molecular formula is C5H6ClN. The summed E-state index contributed by atoms with van der Waals surface area (Å²) in [5, 5.41) is 0.465. The van der Waals surface area contributed by atoms with Gasteiger partial charge in [0.1, 0.15) is 0 Å². The molecule has 0 aliphatic heterocycles. The summed E-state index contributed by atoms with van der Waals surface area (Å²) in [5.41, 5.74) is 0. The Morgan fingerprint density at radius 1 is 1.71 bits per heavy atom. The second kappa shape index (κ2) is 3.62. The van der Waals surface area contributed by atoms with Crippen LogP contribution in [0.25, 0.3) is 0 Å². The lowest BCUT2D eigenvalue weighted by molar-refractivity contribution is 1.61. The van der Waals surface area contributed by atoms with Gasteiger partial charge in [0, 0.05) is 11.2 Å². The van der Waals surface area contributed by atoms with Crippen molar-refractivity contribution in [2.75, 3.05) is 0 Å². The lowest BCUT2D eigenvalue weighted by atomic mass is 10.6. The summed E-state index contributed by atoms with van der Waals surface area (Å²) < 4.78 is 0. The first-order valence-electron chi connectivity index (χ1n) is 1.74. The predicted octanol–water partition coefficient (Wildman–Crippen LogP) is 1.95. The van der Waals surface area contributed by atoms with Gasteiger partial charge >= 0.3 is 0 Å². The number of aliphatic imine (C=N–C) groups is 1. The lowest BCUT2D eigenvalue weighted by Crippen LogP contribution is -1.51. The SMILES string of the molecule is C=NC=CC(=C)Cl. The van der Waals surface area contributed by atoms with Gasteiger partial charge in [-0.05, 0) is 12.8 Å². The van der Waals surface area contributed by atoms with E-state index in [1.54, 1.807) is 6.08 Å². The van der Waals surface area contributed by atoms with Crippen LogP contribution in [-0.2, 0) is 0 Å². The fourth-order valence-corrected chi connectivity index (χ4v) is 0.190. The first-order chi connectivity index (χ1) is 3.27. The molecule has 0 atom stereocenters. The zero-order valence-electron chi connectivity index (χ0n) is 3.89. The normalized spacial score (nSPS) is 9.29. The number of hydrogen-bond donors (Lipinski definition) is 0. The van der Waals surface area contributed by atoms with E-state index >= 15 is 0 Å². The molecule has 0 aliphatic rings. The largest absolute Gasteiger partial charge is 0.272 e. The molecule has 0 N–H and O–H groups in total. The van der Waals surface area contributed by atoms with E-state index in [0.29, 0.717) is 5.03 Å². The van der Waals surface area contributed by atoms with E-state index in [2.05, 4.69) is 18.3 Å². The minimum Gasteiger partial charge on any atom is -0.272 e. The summed E-state index contributed by atoms with van der Waals surface area (Å²) in [6, 6.07) is 0. The zero-order valence-corrected chi connectivity index (χ0v) is 4.65. The molecule has 0 spiro atoms. The van der Waals surface area contributed by atoms with E-state index in [0.717, 1.165) is 0 Å². The Labute approximate surface area is 48.0 Å². The number of rotatable bonds is 2. The van der Waals surface area contributed by atoms with Crippen LogP contribution in [0.15, 0.2) is 28.9 Å². The molecule has 0 fully saturated rings. The van der Waals surface area contributed by atoms with Crippen molar-refractivity contribution in [3.05, 3.63) is 23.9 Å². The van der Waals surface area contributed by atoms with Crippen molar-refractivity contribution in [2.45, 2.75) is 0 Å². The van der Waals surface area contributed by atoms with Gasteiger partial charge < -0.3 is 0 Å². The highest BCUT2D eigenvalue weighted by atomic mass is 35.5. The topological polar surface area (TPSA) is 12.4 Å². The Kier molecular flexibility index (Phi) is 3.33. The molecule has 0 unspecified atom stereocenters. The first-order valence-corrected chi connectivity index (χ1v) is 2.12. The van der Waals surface area contributed by atoms with Crippen molar-refractivity contribution < 1.29 is 0 Å². The summed E-state index contributed by atoms with van der Waals surface area (Å²) in [6.45, 7) is 6.58. The van der Waals surface area contributed by atoms with Gasteiger partial charge in [0.25, 0.3) is 0 Å². The van der Waals surface area contributed by atoms with E-state index in [1.165, 1.54) is 6.20 Å². The van der Waals surface area contributed by atoms with Gasteiger partial charge in [-0.3, -0.25) is 4.99 Å². The van der Waals surface area contributed by atoms with Gasteiger partial charge in [-0.15, -0.1) is 0 Å². The summed E-state index contributed by atoms with van der Waals surface area (Å²) in [6.07, 6.45) is 3.05. The fourth-order valence-electron chi connectivity index (χ4n) is 0.134. The van der Waals surface area contributed by atoms with Crippen LogP contribution in [-0.4, -0.2) is 6.72 Å². The molecule has 7 heavy (non-hydrogen) atoms. The average Bonchev–Trinajstić information content (AvgIpc) is 1.61. The minimum atomic E-state index is 0.465. The predicted molar refractivity (Wildman–Crippen MR) is 33.7 cm³/mol. The van der Waals surface area contributed by atoms with Crippen LogP contribution < -0.4 is 0 Å². The first kappa shape index (κ1) is 6.44. The maximum atomic E-state index is 5.29. The summed E-state index contributed by atoms with van der Waals surface area (Å²) in [5.74, 6) is 0. The Hall–Kier alpha value is -0.560. The second-order valence-corrected chi connectivity index (χ2v) is 1.43. The molecule has 0 amide bonds. The molecule has 0 rings (SSSR count). The van der Waals surface area contributed by atoms with Crippen molar-refractivity contribution in [1.82, 2.24) is 0 Å². The Morgan fingerprint density at radius 3 is 2.43 bits per heavy atom. The maximum absolute atomic E-state index is 5.29. The van der Waals surface area contributed by atoms with Crippen molar-refractivity contribution >= 4 is 18.3 Å². The second-order valence-electron chi connectivity index (χ2n) is 0.945. The Balaban J connectivity index is 3.46. The van der Waals surface area contributed by atoms with Crippen LogP contribution in [0.1, 0.15) is 0 Å². The molecule has 0 saturated heterocycles. The zero-order chi connectivity index (χ0) is 5.70. The quantitative estimate of drug-likeness (QED) is 0.385. The van der Waals surface area contributed by atoms with Crippen LogP contribution in [0.5, 0.6) is 0 Å². The molecule has 0 saturated carbocycles. The van der Waals surface area contributed by atoms with E-state index in [4.69, 9.17) is 11.6 Å². The molecule has 0 aliphatic carbocycles. The highest BCUT2D eigenvalue weighted by Crippen LogP contribution is 1.96. The molecule has 2 heteroatoms. The van der Waals surface area contributed by atoms with Crippen LogP contribution in [0, 0.1) is 0 Å². The highest BCUT2D eigenvalue weighted by molar-refractivity contribution is 6.30. The van der Waals surface area contributed by atoms with Crippen LogP contribution in [0.3, 0.4) is 0 Å². The Morgan fingerprint density at radius 2 is 2.29 bits per heavy atom. The third-order valence-corrected chi connectivity index (χ3v) is 0.487. The number of nitrogens with zero attached hydrogens (tertiary/aromatic N) is 1. The number of hydrogen-bond acceptors (Lipinski definition) is 1. The third kappa shape index (κ3) is 5.44. The number of halogens is 1. The standard InChI is InChI=1S/C5H6ClN/c1-5(6)3-4-7-2/h3-4H,1-2H2. The monoisotopic (exact) mass is 115 g/mol. The smallest absolute Gasteiger partial charge is 0.0349 e. The third-order valence-electron chi connectivity index (χ3n) is 0.361. The van der Waals surface area contributed by atoms with E-state index in [9.17, 15) is 0 Å². The van der Waals surface area contributed by atoms with Crippen LogP contribution in [0.2, 0.25) is 0 Å². The highest BCUT2D eigenvalue weighted by Gasteiger charge is 1.69. The molecule has 38 valence electrons. The summed E-state index contributed by atoms with van der Waals surface area (Å²) in [4.78, 5) is 3.40. The minimum absolute atomic E-state index is 0.465. The summed E-state index contributed by atoms with van der Waals surface area (Å²) >= 11 is 5.29. The van der Waals surface area contributed by atoms with Crippen molar-refractivity contribution in [2.24, 2.45) is 4.99 Å². The Bertz CT molecular complexity index is 105. The number of allylic oxidation sites excluding steroid dienone is 2. The van der Waals surface area contributed by atoms with Gasteiger partial charge in [0.15, 0.2) is 0 Å². The molecule has 0 radical (unpaired) electrons. The van der Waals surface area contributed by atoms with E-state index in [-0.39, 0.29) is 0 Å². The molecule has 0 aromatic carbocycles. The fraction of sp³-hybridized carbons (Fsp3) is 0. The summed E-state index contributed by atoms with van der Waals surface area (Å²) in [7, 11) is 0. The molecule has 0 aromatic heterocycles. The van der Waals surface area contributed by atoms with E-state index < -0.39 is 0 Å². The van der Waals surface area contributed by atoms with E-state index in [1.807, 2.05) is 0 Å². The molecule has 0 aromatic rings. The van der Waals surface area contributed by atoms with Crippen molar-refractivity contribution in [3.63, 3.8) is 0 Å². The van der Waals surface area contributed by atoms with Gasteiger partial charge in [0.05, 0.1) is 0 Å². The maximum Gasteiger partial charge on any atom is 0.0349 e. The molecular weight excluding hydrogens is 110 g/mol. The molecule has 0 bridgehead atoms. The van der Waals surface area contributed by atoms with Crippen LogP contribution in [0.4, 0.5) is 0 Å².